The fraction of sp³-hybridized carbons (Fsp3) is 0.273. The number of rotatable bonds is 4. The van der Waals surface area contributed by atoms with E-state index in [-0.39, 0.29) is 16.9 Å². The minimum Gasteiger partial charge on any atom is -0.507 e. The maximum absolute atomic E-state index is 13.2. The second-order valence-corrected chi connectivity index (χ2v) is 7.30. The van der Waals surface area contributed by atoms with Crippen LogP contribution < -0.4 is 15.9 Å². The van der Waals surface area contributed by atoms with Crippen LogP contribution >= 0.6 is 0 Å². The van der Waals surface area contributed by atoms with Crippen LogP contribution in [0.25, 0.3) is 5.65 Å². The van der Waals surface area contributed by atoms with E-state index in [1.807, 2.05) is 13.0 Å². The van der Waals surface area contributed by atoms with Crippen molar-refractivity contribution in [3.8, 4) is 5.75 Å². The van der Waals surface area contributed by atoms with Crippen LogP contribution in [0.2, 0.25) is 0 Å². The van der Waals surface area contributed by atoms with Gasteiger partial charge in [0, 0.05) is 19.3 Å². The Hall–Kier alpha value is -3.68. The molecule has 3 heterocycles. The summed E-state index contributed by atoms with van der Waals surface area (Å²) < 4.78 is 1.50. The molecule has 2 aromatic heterocycles. The van der Waals surface area contributed by atoms with Gasteiger partial charge in [0.1, 0.15) is 22.8 Å². The number of nitrogens with zero attached hydrogens (tertiary/aromatic N) is 4. The Morgan fingerprint density at radius 3 is 2.70 bits per heavy atom. The van der Waals surface area contributed by atoms with Crippen molar-refractivity contribution < 1.29 is 9.90 Å². The number of aryl methyl sites for hydroxylation is 1. The largest absolute Gasteiger partial charge is 0.507 e. The van der Waals surface area contributed by atoms with E-state index >= 15 is 0 Å². The molecule has 0 aliphatic carbocycles. The molecule has 0 unspecified atom stereocenters. The molecule has 8 nitrogen and oxygen atoms in total. The van der Waals surface area contributed by atoms with Gasteiger partial charge in [-0.1, -0.05) is 18.2 Å². The summed E-state index contributed by atoms with van der Waals surface area (Å²) in [5, 5.41) is 13.8. The summed E-state index contributed by atoms with van der Waals surface area (Å²) in [6.45, 7) is 3.56. The van der Waals surface area contributed by atoms with E-state index in [2.05, 4.69) is 15.4 Å². The fourth-order valence-electron chi connectivity index (χ4n) is 3.64. The molecule has 154 valence electrons. The third-order valence-electron chi connectivity index (χ3n) is 5.23. The van der Waals surface area contributed by atoms with Crippen molar-refractivity contribution in [3.63, 3.8) is 0 Å². The van der Waals surface area contributed by atoms with Crippen molar-refractivity contribution in [2.45, 2.75) is 26.2 Å². The maximum Gasteiger partial charge on any atom is 0.275 e. The highest BCUT2D eigenvalue weighted by Crippen LogP contribution is 2.21. The van der Waals surface area contributed by atoms with Crippen molar-refractivity contribution in [2.24, 2.45) is 5.10 Å². The minimum atomic E-state index is -0.562. The topological polar surface area (TPSA) is 99.3 Å². The summed E-state index contributed by atoms with van der Waals surface area (Å²) in [7, 11) is 0. The van der Waals surface area contributed by atoms with E-state index in [0.717, 1.165) is 37.9 Å². The number of fused-ring (bicyclic) bond motifs is 1. The second-order valence-electron chi connectivity index (χ2n) is 7.30. The van der Waals surface area contributed by atoms with E-state index in [1.165, 1.54) is 22.7 Å². The lowest BCUT2D eigenvalue weighted by Crippen LogP contribution is -2.34. The Labute approximate surface area is 173 Å². The number of amides is 1. The highest BCUT2D eigenvalue weighted by Gasteiger charge is 2.20. The van der Waals surface area contributed by atoms with Crippen molar-refractivity contribution >= 4 is 23.6 Å². The molecule has 0 atom stereocenters. The number of carbonyl (C=O) groups is 1. The van der Waals surface area contributed by atoms with Crippen LogP contribution in [0.4, 0.5) is 5.82 Å². The van der Waals surface area contributed by atoms with Crippen molar-refractivity contribution in [2.75, 3.05) is 18.0 Å². The molecule has 1 fully saturated rings. The van der Waals surface area contributed by atoms with Crippen LogP contribution in [0.15, 0.2) is 52.5 Å². The van der Waals surface area contributed by atoms with Gasteiger partial charge in [-0.3, -0.25) is 14.0 Å². The normalized spacial score (nSPS) is 14.4. The molecule has 1 aliphatic heterocycles. The summed E-state index contributed by atoms with van der Waals surface area (Å²) in [5.41, 5.74) is 4.08. The van der Waals surface area contributed by atoms with E-state index in [9.17, 15) is 14.7 Å². The van der Waals surface area contributed by atoms with Crippen molar-refractivity contribution in [3.05, 3.63) is 69.6 Å². The highest BCUT2D eigenvalue weighted by atomic mass is 16.3. The predicted molar refractivity (Wildman–Crippen MR) is 115 cm³/mol. The molecule has 30 heavy (non-hydrogen) atoms. The van der Waals surface area contributed by atoms with E-state index in [0.29, 0.717) is 17.0 Å². The zero-order valence-electron chi connectivity index (χ0n) is 16.7. The molecule has 0 spiro atoms. The average Bonchev–Trinajstić information content (AvgIpc) is 2.76. The van der Waals surface area contributed by atoms with E-state index < -0.39 is 5.91 Å². The predicted octanol–water partition coefficient (Wildman–Crippen LogP) is 2.46. The number of aromatic hydroxyl groups is 1. The van der Waals surface area contributed by atoms with Gasteiger partial charge in [-0.2, -0.15) is 5.10 Å². The number of phenols is 1. The molecule has 1 saturated heterocycles. The SMILES string of the molecule is Cc1cccn2c(=O)c(/C=N/NC(=O)c3ccccc3O)c(N3CCCCC3)nc12. The Bertz CT molecular complexity index is 1180. The van der Waals surface area contributed by atoms with Gasteiger partial charge < -0.3 is 10.0 Å². The molecule has 0 radical (unpaired) electrons. The Morgan fingerprint density at radius 1 is 1.17 bits per heavy atom. The monoisotopic (exact) mass is 405 g/mol. The quantitative estimate of drug-likeness (QED) is 0.513. The molecular weight excluding hydrogens is 382 g/mol. The molecule has 1 aliphatic rings. The molecule has 8 heteroatoms. The molecule has 0 saturated carbocycles. The molecule has 3 aromatic rings. The number of pyridine rings is 1. The van der Waals surface area contributed by atoms with Gasteiger partial charge in [0.25, 0.3) is 11.5 Å². The molecular formula is C22H23N5O3. The number of para-hydroxylation sites is 1. The molecule has 2 N–H and O–H groups in total. The van der Waals surface area contributed by atoms with Gasteiger partial charge in [-0.25, -0.2) is 10.4 Å². The van der Waals surface area contributed by atoms with Gasteiger partial charge in [-0.05, 0) is 49.9 Å². The maximum atomic E-state index is 13.2. The van der Waals surface area contributed by atoms with Crippen LogP contribution in [0, 0.1) is 6.92 Å². The number of aromatic nitrogens is 2. The number of benzene rings is 1. The smallest absolute Gasteiger partial charge is 0.275 e. The first-order valence-corrected chi connectivity index (χ1v) is 9.94. The molecule has 4 rings (SSSR count). The molecule has 0 bridgehead atoms. The summed E-state index contributed by atoms with van der Waals surface area (Å²) in [6, 6.07) is 9.91. The number of nitrogens with one attached hydrogen (secondary N) is 1. The standard InChI is InChI=1S/C22H23N5O3/c1-15-8-7-13-27-19(15)24-20(26-11-5-2-6-12-26)17(22(27)30)14-23-25-21(29)16-9-3-4-10-18(16)28/h3-4,7-10,13-14,28H,2,5-6,11-12H2,1H3,(H,25,29)/b23-14+. The summed E-state index contributed by atoms with van der Waals surface area (Å²) in [6.07, 6.45) is 6.24. The van der Waals surface area contributed by atoms with Gasteiger partial charge in [-0.15, -0.1) is 0 Å². The molecule has 1 amide bonds. The summed E-state index contributed by atoms with van der Waals surface area (Å²) in [5.74, 6) is -0.120. The summed E-state index contributed by atoms with van der Waals surface area (Å²) >= 11 is 0. The van der Waals surface area contributed by atoms with Gasteiger partial charge in [0.05, 0.1) is 11.8 Å². The number of hydrazone groups is 1. The number of anilines is 1. The fourth-order valence-corrected chi connectivity index (χ4v) is 3.64. The number of hydrogen-bond acceptors (Lipinski definition) is 6. The zero-order valence-corrected chi connectivity index (χ0v) is 16.7. The Kier molecular flexibility index (Phi) is 5.47. The lowest BCUT2D eigenvalue weighted by Gasteiger charge is -2.29. The number of phenolic OH excluding ortho intramolecular Hbond substituents is 1. The van der Waals surface area contributed by atoms with E-state index in [4.69, 9.17) is 4.98 Å². The van der Waals surface area contributed by atoms with Crippen molar-refractivity contribution in [1.82, 2.24) is 14.8 Å². The van der Waals surface area contributed by atoms with Crippen LogP contribution in [-0.2, 0) is 0 Å². The molecule has 1 aromatic carbocycles. The van der Waals surface area contributed by atoms with Gasteiger partial charge in [0.15, 0.2) is 0 Å². The number of hydrogen-bond donors (Lipinski definition) is 2. The highest BCUT2D eigenvalue weighted by molar-refractivity contribution is 5.97. The minimum absolute atomic E-state index is 0.106. The first kappa shape index (κ1) is 19.6. The van der Waals surface area contributed by atoms with Gasteiger partial charge in [0.2, 0.25) is 0 Å². The van der Waals surface area contributed by atoms with Crippen LogP contribution in [-0.4, -0.2) is 39.7 Å². The summed E-state index contributed by atoms with van der Waals surface area (Å²) in [4.78, 5) is 32.4. The number of carbonyl (C=O) groups excluding carboxylic acids is 1. The average molecular weight is 405 g/mol. The lowest BCUT2D eigenvalue weighted by molar-refractivity contribution is 0.0952. The third kappa shape index (κ3) is 3.76. The van der Waals surface area contributed by atoms with Crippen LogP contribution in [0.1, 0.15) is 40.7 Å². The zero-order chi connectivity index (χ0) is 21.1. The van der Waals surface area contributed by atoms with Crippen LogP contribution in [0.5, 0.6) is 5.75 Å². The van der Waals surface area contributed by atoms with Crippen LogP contribution in [0.3, 0.4) is 0 Å². The first-order valence-electron chi connectivity index (χ1n) is 9.94. The third-order valence-corrected chi connectivity index (χ3v) is 5.23. The Morgan fingerprint density at radius 2 is 1.93 bits per heavy atom. The lowest BCUT2D eigenvalue weighted by atomic mass is 10.1. The van der Waals surface area contributed by atoms with Gasteiger partial charge >= 0.3 is 0 Å². The Balaban J connectivity index is 1.72. The number of piperidine rings is 1. The van der Waals surface area contributed by atoms with Crippen molar-refractivity contribution in [1.29, 1.82) is 0 Å². The van der Waals surface area contributed by atoms with E-state index in [1.54, 1.807) is 24.4 Å². The second kappa shape index (κ2) is 8.36. The first-order chi connectivity index (χ1) is 14.6.